The third-order valence-electron chi connectivity index (χ3n) is 5.51. The fourth-order valence-electron chi connectivity index (χ4n) is 4.27. The Morgan fingerprint density at radius 1 is 1.19 bits per heavy atom. The van der Waals surface area contributed by atoms with E-state index >= 15 is 0 Å². The van der Waals surface area contributed by atoms with Crippen LogP contribution in [0.1, 0.15) is 37.8 Å². The summed E-state index contributed by atoms with van der Waals surface area (Å²) in [6.45, 7) is 0.961. The highest BCUT2D eigenvalue weighted by Crippen LogP contribution is 2.32. The third-order valence-corrected chi connectivity index (χ3v) is 5.51. The molecule has 0 spiro atoms. The molecule has 2 bridgehead atoms. The number of rotatable bonds is 3. The molecule has 2 aliphatic heterocycles. The van der Waals surface area contributed by atoms with Crippen LogP contribution in [0.25, 0.3) is 10.9 Å². The zero-order valence-electron chi connectivity index (χ0n) is 12.8. The van der Waals surface area contributed by atoms with E-state index in [1.165, 1.54) is 48.7 Å². The van der Waals surface area contributed by atoms with Gasteiger partial charge in [0.05, 0.1) is 0 Å². The minimum absolute atomic E-state index is 0.683. The fraction of sp³-hybridized carbons (Fsp3) is 0.556. The summed E-state index contributed by atoms with van der Waals surface area (Å²) in [7, 11) is 2.32. The molecule has 3 heterocycles. The lowest BCUT2D eigenvalue weighted by Gasteiger charge is -2.47. The van der Waals surface area contributed by atoms with E-state index in [0.717, 1.165) is 18.6 Å². The summed E-state index contributed by atoms with van der Waals surface area (Å²) >= 11 is 0. The molecule has 0 saturated carbocycles. The Kier molecular flexibility index (Phi) is 3.48. The molecule has 1 aromatic heterocycles. The molecule has 0 amide bonds. The van der Waals surface area contributed by atoms with Crippen molar-refractivity contribution >= 4 is 10.9 Å². The van der Waals surface area contributed by atoms with Crippen molar-refractivity contribution in [3.8, 4) is 0 Å². The van der Waals surface area contributed by atoms with E-state index in [4.69, 9.17) is 0 Å². The van der Waals surface area contributed by atoms with Gasteiger partial charge in [-0.05, 0) is 50.2 Å². The van der Waals surface area contributed by atoms with Crippen molar-refractivity contribution in [2.75, 3.05) is 7.05 Å². The second-order valence-electron chi connectivity index (χ2n) is 6.84. The van der Waals surface area contributed by atoms with E-state index in [1.807, 2.05) is 0 Å². The standard InChI is InChI=1S/C18H25N3/c1-21-16-6-4-7-17(21)11-14(10-16)19-12-15-9-13-5-2-3-8-18(13)20-15/h2-3,5,8-9,14,16-17,19-20H,4,6-7,10-12H2,1H3. The highest BCUT2D eigenvalue weighted by Gasteiger charge is 2.35. The quantitative estimate of drug-likeness (QED) is 0.906. The second-order valence-corrected chi connectivity index (χ2v) is 6.84. The van der Waals surface area contributed by atoms with E-state index in [-0.39, 0.29) is 0 Å². The summed E-state index contributed by atoms with van der Waals surface area (Å²) < 4.78 is 0. The third kappa shape index (κ3) is 2.60. The van der Waals surface area contributed by atoms with Gasteiger partial charge < -0.3 is 15.2 Å². The lowest BCUT2D eigenvalue weighted by atomic mass is 9.82. The first-order valence-electron chi connectivity index (χ1n) is 8.31. The number of nitrogens with zero attached hydrogens (tertiary/aromatic N) is 1. The van der Waals surface area contributed by atoms with E-state index < -0.39 is 0 Å². The van der Waals surface area contributed by atoms with E-state index in [0.29, 0.717) is 6.04 Å². The molecule has 112 valence electrons. The van der Waals surface area contributed by atoms with Crippen molar-refractivity contribution in [3.05, 3.63) is 36.0 Å². The van der Waals surface area contributed by atoms with Crippen LogP contribution in [0.5, 0.6) is 0 Å². The number of benzene rings is 1. The maximum absolute atomic E-state index is 3.79. The van der Waals surface area contributed by atoms with Crippen molar-refractivity contribution < 1.29 is 0 Å². The number of aromatic nitrogens is 1. The van der Waals surface area contributed by atoms with Crippen molar-refractivity contribution in [2.24, 2.45) is 0 Å². The van der Waals surface area contributed by atoms with E-state index in [1.54, 1.807) is 0 Å². The van der Waals surface area contributed by atoms with E-state index in [2.05, 4.69) is 52.6 Å². The van der Waals surface area contributed by atoms with Gasteiger partial charge in [0, 0.05) is 35.9 Å². The Morgan fingerprint density at radius 2 is 1.95 bits per heavy atom. The topological polar surface area (TPSA) is 31.1 Å². The largest absolute Gasteiger partial charge is 0.357 e. The molecule has 1 aromatic carbocycles. The minimum atomic E-state index is 0.683. The second kappa shape index (κ2) is 5.47. The van der Waals surface area contributed by atoms with Crippen LogP contribution in [0.3, 0.4) is 0 Å². The lowest BCUT2D eigenvalue weighted by molar-refractivity contribution is 0.0482. The molecule has 2 fully saturated rings. The molecule has 2 unspecified atom stereocenters. The Bertz CT molecular complexity index is 571. The van der Waals surface area contributed by atoms with Crippen LogP contribution in [-0.4, -0.2) is 35.1 Å². The average Bonchev–Trinajstić information content (AvgIpc) is 2.88. The van der Waals surface area contributed by atoms with Crippen LogP contribution in [0.4, 0.5) is 0 Å². The first-order valence-corrected chi connectivity index (χ1v) is 8.31. The van der Waals surface area contributed by atoms with Crippen LogP contribution in [0.15, 0.2) is 30.3 Å². The number of fused-ring (bicyclic) bond motifs is 3. The number of H-pyrrole nitrogens is 1. The van der Waals surface area contributed by atoms with Gasteiger partial charge in [0.25, 0.3) is 0 Å². The maximum Gasteiger partial charge on any atom is 0.0456 e. The van der Waals surface area contributed by atoms with Gasteiger partial charge in [0.15, 0.2) is 0 Å². The van der Waals surface area contributed by atoms with Crippen LogP contribution >= 0.6 is 0 Å². The van der Waals surface area contributed by atoms with Gasteiger partial charge in [-0.15, -0.1) is 0 Å². The summed E-state index contributed by atoms with van der Waals surface area (Å²) in [4.78, 5) is 6.15. The molecule has 2 saturated heterocycles. The first kappa shape index (κ1) is 13.4. The van der Waals surface area contributed by atoms with Gasteiger partial charge >= 0.3 is 0 Å². The summed E-state index contributed by atoms with van der Waals surface area (Å²) in [5.74, 6) is 0. The van der Waals surface area contributed by atoms with Crippen LogP contribution in [-0.2, 0) is 6.54 Å². The molecule has 2 aliphatic rings. The Balaban J connectivity index is 1.40. The summed E-state index contributed by atoms with van der Waals surface area (Å²) in [6.07, 6.45) is 6.82. The number of hydrogen-bond donors (Lipinski definition) is 2. The molecule has 0 radical (unpaired) electrons. The molecular weight excluding hydrogens is 258 g/mol. The monoisotopic (exact) mass is 283 g/mol. The van der Waals surface area contributed by atoms with Gasteiger partial charge in [0.1, 0.15) is 0 Å². The van der Waals surface area contributed by atoms with Crippen molar-refractivity contribution in [2.45, 2.75) is 56.8 Å². The molecule has 2 atom stereocenters. The Labute approximate surface area is 126 Å². The van der Waals surface area contributed by atoms with Crippen molar-refractivity contribution in [1.29, 1.82) is 0 Å². The number of nitrogens with one attached hydrogen (secondary N) is 2. The minimum Gasteiger partial charge on any atom is -0.357 e. The number of para-hydroxylation sites is 1. The highest BCUT2D eigenvalue weighted by atomic mass is 15.2. The molecule has 2 N–H and O–H groups in total. The van der Waals surface area contributed by atoms with Gasteiger partial charge in [-0.25, -0.2) is 0 Å². The lowest BCUT2D eigenvalue weighted by Crippen LogP contribution is -2.54. The van der Waals surface area contributed by atoms with Crippen molar-refractivity contribution in [1.82, 2.24) is 15.2 Å². The zero-order chi connectivity index (χ0) is 14.2. The Morgan fingerprint density at radius 3 is 2.71 bits per heavy atom. The smallest absolute Gasteiger partial charge is 0.0456 e. The zero-order valence-corrected chi connectivity index (χ0v) is 12.8. The maximum atomic E-state index is 3.79. The summed E-state index contributed by atoms with van der Waals surface area (Å²) in [5, 5.41) is 5.10. The highest BCUT2D eigenvalue weighted by molar-refractivity contribution is 5.80. The molecule has 4 rings (SSSR count). The number of hydrogen-bond acceptors (Lipinski definition) is 2. The van der Waals surface area contributed by atoms with Gasteiger partial charge in [-0.3, -0.25) is 0 Å². The van der Waals surface area contributed by atoms with Crippen LogP contribution in [0, 0.1) is 0 Å². The predicted molar refractivity (Wildman–Crippen MR) is 87.4 cm³/mol. The molecule has 0 aliphatic carbocycles. The van der Waals surface area contributed by atoms with Crippen molar-refractivity contribution in [3.63, 3.8) is 0 Å². The molecule has 3 heteroatoms. The van der Waals surface area contributed by atoms with Crippen LogP contribution < -0.4 is 5.32 Å². The fourth-order valence-corrected chi connectivity index (χ4v) is 4.27. The first-order chi connectivity index (χ1) is 10.3. The van der Waals surface area contributed by atoms with Gasteiger partial charge in [-0.2, -0.15) is 0 Å². The number of aromatic amines is 1. The normalized spacial score (nSPS) is 29.9. The SMILES string of the molecule is CN1C2CCCC1CC(NCc1cc3ccccc3[nH]1)C2. The van der Waals surface area contributed by atoms with Crippen LogP contribution in [0.2, 0.25) is 0 Å². The summed E-state index contributed by atoms with van der Waals surface area (Å²) in [6, 6.07) is 13.1. The van der Waals surface area contributed by atoms with Gasteiger partial charge in [-0.1, -0.05) is 24.6 Å². The molecule has 3 nitrogen and oxygen atoms in total. The molecule has 21 heavy (non-hydrogen) atoms. The molecular formula is C18H25N3. The summed E-state index contributed by atoms with van der Waals surface area (Å²) in [5.41, 5.74) is 2.55. The number of piperidine rings is 2. The Hall–Kier alpha value is -1.32. The van der Waals surface area contributed by atoms with Gasteiger partial charge in [0.2, 0.25) is 0 Å². The average molecular weight is 283 g/mol. The predicted octanol–water partition coefficient (Wildman–Crippen LogP) is 3.27. The van der Waals surface area contributed by atoms with E-state index in [9.17, 15) is 0 Å². The molecule has 2 aromatic rings.